The van der Waals surface area contributed by atoms with Gasteiger partial charge in [-0.25, -0.2) is 14.8 Å². The lowest BCUT2D eigenvalue weighted by Crippen LogP contribution is -2.44. The van der Waals surface area contributed by atoms with Gasteiger partial charge in [-0.3, -0.25) is 14.2 Å². The first-order chi connectivity index (χ1) is 18.1. The number of alkyl carbamates (subject to hydrolysis) is 1. The normalized spacial score (nSPS) is 16.6. The summed E-state index contributed by atoms with van der Waals surface area (Å²) in [6, 6.07) is 11.7. The number of carbonyl (C=O) groups excluding carboxylic acids is 2. The number of aliphatic imine (C=N–C) groups is 1. The molecule has 0 aliphatic heterocycles. The van der Waals surface area contributed by atoms with Crippen LogP contribution in [0.2, 0.25) is 0 Å². The van der Waals surface area contributed by atoms with E-state index in [1.54, 1.807) is 63.4 Å². The van der Waals surface area contributed by atoms with Crippen molar-refractivity contribution in [2.75, 3.05) is 5.32 Å². The minimum absolute atomic E-state index is 0.101. The van der Waals surface area contributed by atoms with Gasteiger partial charge >= 0.3 is 6.09 Å². The first-order valence-corrected chi connectivity index (χ1v) is 12.4. The maximum absolute atomic E-state index is 12.3. The predicted octanol–water partition coefficient (Wildman–Crippen LogP) is 4.01. The van der Waals surface area contributed by atoms with Crippen molar-refractivity contribution in [3.05, 3.63) is 70.8 Å². The lowest BCUT2D eigenvalue weighted by Gasteiger charge is -2.27. The molecule has 38 heavy (non-hydrogen) atoms. The van der Waals surface area contributed by atoms with Gasteiger partial charge in [-0.2, -0.15) is 4.98 Å². The molecule has 2 aromatic heterocycles. The van der Waals surface area contributed by atoms with Crippen LogP contribution in [0.15, 0.2) is 64.6 Å². The number of nitrogens with two attached hydrogens (primary N) is 1. The van der Waals surface area contributed by atoms with E-state index < -0.39 is 17.6 Å². The van der Waals surface area contributed by atoms with Crippen LogP contribution in [0, 0.1) is 0 Å². The second kappa shape index (κ2) is 11.2. The number of anilines is 2. The maximum Gasteiger partial charge on any atom is 0.408 e. The van der Waals surface area contributed by atoms with Crippen molar-refractivity contribution in [2.45, 2.75) is 58.1 Å². The van der Waals surface area contributed by atoms with Crippen molar-refractivity contribution in [1.29, 1.82) is 0 Å². The first kappa shape index (κ1) is 26.5. The molecule has 2 amide bonds. The molecule has 0 spiro atoms. The summed E-state index contributed by atoms with van der Waals surface area (Å²) in [5.74, 6) is -0.358. The minimum Gasteiger partial charge on any atom is -0.444 e. The monoisotopic (exact) mass is 517 g/mol. The zero-order chi connectivity index (χ0) is 27.3. The third-order valence-corrected chi connectivity index (χ3v) is 5.78. The third kappa shape index (κ3) is 6.81. The van der Waals surface area contributed by atoms with Crippen molar-refractivity contribution in [1.82, 2.24) is 19.9 Å². The number of nitrogens with one attached hydrogen (secondary N) is 2. The fourth-order valence-corrected chi connectivity index (χ4v) is 4.05. The van der Waals surface area contributed by atoms with Gasteiger partial charge in [0.15, 0.2) is 0 Å². The zero-order valence-electron chi connectivity index (χ0n) is 21.6. The van der Waals surface area contributed by atoms with Crippen LogP contribution in [0.4, 0.5) is 22.2 Å². The number of pyridine rings is 1. The highest BCUT2D eigenvalue weighted by molar-refractivity contribution is 5.98. The Morgan fingerprint density at radius 1 is 1.13 bits per heavy atom. The van der Waals surface area contributed by atoms with Gasteiger partial charge in [0.1, 0.15) is 17.0 Å². The molecule has 4 rings (SSSR count). The molecule has 11 heteroatoms. The Morgan fingerprint density at radius 3 is 2.58 bits per heavy atom. The molecular weight excluding hydrogens is 486 g/mol. The molecule has 1 atom stereocenters. The first-order valence-electron chi connectivity index (χ1n) is 12.4. The van der Waals surface area contributed by atoms with Crippen molar-refractivity contribution in [3.8, 4) is 5.69 Å². The van der Waals surface area contributed by atoms with E-state index in [1.165, 1.54) is 16.8 Å². The fourth-order valence-electron chi connectivity index (χ4n) is 4.05. The lowest BCUT2D eigenvalue weighted by molar-refractivity contribution is 0.0514. The highest BCUT2D eigenvalue weighted by atomic mass is 16.6. The van der Waals surface area contributed by atoms with E-state index in [0.717, 1.165) is 25.0 Å². The van der Waals surface area contributed by atoms with Gasteiger partial charge in [-0.15, -0.1) is 0 Å². The van der Waals surface area contributed by atoms with Gasteiger partial charge in [0, 0.05) is 35.5 Å². The summed E-state index contributed by atoms with van der Waals surface area (Å²) in [4.78, 5) is 49.7. The molecular formula is C27H31N7O4. The standard InChI is InChI=1S/C27H31N7O4/c1-27(2,3)38-26(37)32-21-9-5-4-8-20(21)31-25-29-16-19(23(28)36)24(33-25)30-17-11-13-18(14-12-17)34-15-7-6-10-22(34)35/h6-7,10-16,21H,4-5,8-9H2,1-3H3,(H2,28,36)(H,32,37)(H,29,30,33)/t21-/m0/s1. The molecule has 198 valence electrons. The molecule has 4 N–H and O–H groups in total. The summed E-state index contributed by atoms with van der Waals surface area (Å²) in [5.41, 5.74) is 6.94. The number of hydrogen-bond donors (Lipinski definition) is 3. The molecule has 1 fully saturated rings. The molecule has 1 aliphatic carbocycles. The van der Waals surface area contributed by atoms with E-state index in [1.807, 2.05) is 0 Å². The minimum atomic E-state index is -0.693. The SMILES string of the molecule is CC(C)(C)OC(=O)N[C@H]1CCCCC1=Nc1ncc(C(N)=O)c(Nc2ccc(-n3ccccc3=O)cc2)n1. The maximum atomic E-state index is 12.3. The average molecular weight is 518 g/mol. The molecule has 0 saturated heterocycles. The van der Waals surface area contributed by atoms with E-state index in [0.29, 0.717) is 17.8 Å². The molecule has 0 radical (unpaired) electrons. The summed E-state index contributed by atoms with van der Waals surface area (Å²) in [5, 5.41) is 5.99. The topological polar surface area (TPSA) is 154 Å². The van der Waals surface area contributed by atoms with Gasteiger partial charge < -0.3 is 21.1 Å². The van der Waals surface area contributed by atoms with Crippen molar-refractivity contribution in [3.63, 3.8) is 0 Å². The van der Waals surface area contributed by atoms with Crippen LogP contribution in [0.5, 0.6) is 0 Å². The largest absolute Gasteiger partial charge is 0.444 e. The molecule has 11 nitrogen and oxygen atoms in total. The number of carbonyl (C=O) groups is 2. The number of nitrogens with zero attached hydrogens (tertiary/aromatic N) is 4. The Kier molecular flexibility index (Phi) is 7.85. The van der Waals surface area contributed by atoms with E-state index in [-0.39, 0.29) is 28.9 Å². The van der Waals surface area contributed by atoms with Gasteiger partial charge in [0.05, 0.1) is 6.04 Å². The summed E-state index contributed by atoms with van der Waals surface area (Å²) in [6.45, 7) is 5.42. The van der Waals surface area contributed by atoms with E-state index in [2.05, 4.69) is 25.6 Å². The quantitative estimate of drug-likeness (QED) is 0.446. The van der Waals surface area contributed by atoms with Crippen LogP contribution < -0.4 is 21.9 Å². The summed E-state index contributed by atoms with van der Waals surface area (Å²) in [6.07, 6.45) is 5.76. The number of aromatic nitrogens is 3. The summed E-state index contributed by atoms with van der Waals surface area (Å²) < 4.78 is 6.91. The number of benzene rings is 1. The molecule has 1 aromatic carbocycles. The highest BCUT2D eigenvalue weighted by Gasteiger charge is 2.25. The number of hydrogen-bond acceptors (Lipinski definition) is 8. The molecule has 0 unspecified atom stereocenters. The van der Waals surface area contributed by atoms with Gasteiger partial charge in [-0.05, 0) is 70.4 Å². The predicted molar refractivity (Wildman–Crippen MR) is 145 cm³/mol. The van der Waals surface area contributed by atoms with Crippen molar-refractivity contribution < 1.29 is 14.3 Å². The number of primary amides is 1. The number of amides is 2. The molecule has 0 bridgehead atoms. The van der Waals surface area contributed by atoms with Crippen LogP contribution in [0.25, 0.3) is 5.69 Å². The lowest BCUT2D eigenvalue weighted by atomic mass is 9.93. The number of ether oxygens (including phenoxy) is 1. The van der Waals surface area contributed by atoms with Gasteiger partial charge in [0.25, 0.3) is 17.4 Å². The van der Waals surface area contributed by atoms with Crippen LogP contribution in [0.3, 0.4) is 0 Å². The van der Waals surface area contributed by atoms with Crippen molar-refractivity contribution >= 4 is 35.2 Å². The van der Waals surface area contributed by atoms with Crippen LogP contribution >= 0.6 is 0 Å². The van der Waals surface area contributed by atoms with Crippen LogP contribution in [0.1, 0.15) is 56.8 Å². The Balaban J connectivity index is 1.57. The van der Waals surface area contributed by atoms with E-state index in [9.17, 15) is 14.4 Å². The Hall–Kier alpha value is -4.54. The average Bonchev–Trinajstić information content (AvgIpc) is 2.85. The summed E-state index contributed by atoms with van der Waals surface area (Å²) >= 11 is 0. The van der Waals surface area contributed by atoms with E-state index >= 15 is 0 Å². The van der Waals surface area contributed by atoms with Crippen LogP contribution in [-0.4, -0.2) is 43.9 Å². The van der Waals surface area contributed by atoms with Crippen molar-refractivity contribution in [2.24, 2.45) is 10.7 Å². The third-order valence-electron chi connectivity index (χ3n) is 5.78. The van der Waals surface area contributed by atoms with Crippen LogP contribution in [-0.2, 0) is 4.74 Å². The molecule has 1 saturated carbocycles. The van der Waals surface area contributed by atoms with Gasteiger partial charge in [-0.1, -0.05) is 12.5 Å². The molecule has 3 aromatic rings. The molecule has 2 heterocycles. The Labute approximate surface area is 220 Å². The smallest absolute Gasteiger partial charge is 0.408 e. The molecule has 1 aliphatic rings. The number of rotatable bonds is 6. The fraction of sp³-hybridized carbons (Fsp3) is 0.333. The Morgan fingerprint density at radius 2 is 1.89 bits per heavy atom. The van der Waals surface area contributed by atoms with E-state index in [4.69, 9.17) is 10.5 Å². The Bertz CT molecular complexity index is 1410. The summed E-state index contributed by atoms with van der Waals surface area (Å²) in [7, 11) is 0. The van der Waals surface area contributed by atoms with Gasteiger partial charge in [0.2, 0.25) is 0 Å². The second-order valence-electron chi connectivity index (χ2n) is 9.93. The second-order valence-corrected chi connectivity index (χ2v) is 9.93. The highest BCUT2D eigenvalue weighted by Crippen LogP contribution is 2.24. The zero-order valence-corrected chi connectivity index (χ0v) is 21.6.